The van der Waals surface area contributed by atoms with E-state index < -0.39 is 12.2 Å². The largest absolute Gasteiger partial charge is 0.394 e. The van der Waals surface area contributed by atoms with Crippen LogP contribution >= 0.6 is 0 Å². The summed E-state index contributed by atoms with van der Waals surface area (Å²) in [7, 11) is 0. The van der Waals surface area contributed by atoms with Crippen molar-refractivity contribution in [3.8, 4) is 0 Å². The minimum atomic E-state index is -0.680. The third kappa shape index (κ3) is 1.67. The highest BCUT2D eigenvalue weighted by Gasteiger charge is 2.47. The summed E-state index contributed by atoms with van der Waals surface area (Å²) in [6.07, 6.45) is 0.313. The molecule has 0 saturated carbocycles. The molecule has 2 N–H and O–H groups in total. The Morgan fingerprint density at radius 2 is 2.35 bits per heavy atom. The Balaban J connectivity index is 1.55. The van der Waals surface area contributed by atoms with Crippen molar-refractivity contribution in [2.75, 3.05) is 19.7 Å². The summed E-state index contributed by atoms with van der Waals surface area (Å²) in [5, 5.41) is 35.3. The number of ether oxygens (including phenoxy) is 1. The molecule has 9 nitrogen and oxygen atoms in total. The van der Waals surface area contributed by atoms with Crippen molar-refractivity contribution in [3.05, 3.63) is 0 Å². The molecule has 0 spiro atoms. The lowest BCUT2D eigenvalue weighted by Gasteiger charge is -2.32. The van der Waals surface area contributed by atoms with Crippen LogP contribution in [0.15, 0.2) is 20.4 Å². The van der Waals surface area contributed by atoms with Crippen LogP contribution in [0.4, 0.5) is 0 Å². The molecule has 4 aliphatic heterocycles. The first-order chi connectivity index (χ1) is 9.78. The molecule has 0 aromatic rings. The lowest BCUT2D eigenvalue weighted by Crippen LogP contribution is -2.46. The van der Waals surface area contributed by atoms with E-state index in [4.69, 9.17) is 9.84 Å². The van der Waals surface area contributed by atoms with E-state index >= 15 is 0 Å². The van der Waals surface area contributed by atoms with Crippen LogP contribution in [0.1, 0.15) is 6.42 Å². The number of hydrogen-bond acceptors (Lipinski definition) is 9. The van der Waals surface area contributed by atoms with Crippen molar-refractivity contribution in [2.24, 2.45) is 26.3 Å². The van der Waals surface area contributed by atoms with Crippen LogP contribution in [-0.4, -0.2) is 76.6 Å². The zero-order chi connectivity index (χ0) is 13.7. The van der Waals surface area contributed by atoms with Gasteiger partial charge in [0.15, 0.2) is 12.4 Å². The second-order valence-electron chi connectivity index (χ2n) is 5.27. The average molecular weight is 280 g/mol. The van der Waals surface area contributed by atoms with Crippen LogP contribution in [-0.2, 0) is 4.74 Å². The average Bonchev–Trinajstić information content (AvgIpc) is 3.13. The van der Waals surface area contributed by atoms with Crippen molar-refractivity contribution < 1.29 is 14.9 Å². The van der Waals surface area contributed by atoms with Crippen molar-refractivity contribution in [1.29, 1.82) is 0 Å². The molecule has 0 amide bonds. The molecule has 0 aromatic heterocycles. The highest BCUT2D eigenvalue weighted by molar-refractivity contribution is 5.99. The molecule has 108 valence electrons. The third-order valence-electron chi connectivity index (χ3n) is 4.06. The van der Waals surface area contributed by atoms with E-state index in [1.54, 1.807) is 10.0 Å². The molecule has 4 rings (SSSR count). The van der Waals surface area contributed by atoms with Crippen molar-refractivity contribution in [1.82, 2.24) is 10.0 Å². The van der Waals surface area contributed by atoms with Gasteiger partial charge in [-0.2, -0.15) is 5.10 Å². The van der Waals surface area contributed by atoms with Crippen molar-refractivity contribution in [2.45, 2.75) is 31.0 Å². The highest BCUT2D eigenvalue weighted by atomic mass is 16.5. The zero-order valence-electron chi connectivity index (χ0n) is 10.8. The number of aliphatic imine (C=N–C) groups is 1. The smallest absolute Gasteiger partial charge is 0.177 e. The van der Waals surface area contributed by atoms with E-state index in [0.717, 1.165) is 18.9 Å². The Morgan fingerprint density at radius 1 is 1.45 bits per heavy atom. The number of aliphatic hydroxyl groups excluding tert-OH is 2. The molecule has 20 heavy (non-hydrogen) atoms. The van der Waals surface area contributed by atoms with Gasteiger partial charge in [0.2, 0.25) is 0 Å². The van der Waals surface area contributed by atoms with Gasteiger partial charge in [0, 0.05) is 12.6 Å². The summed E-state index contributed by atoms with van der Waals surface area (Å²) in [5.41, 5.74) is 0. The summed E-state index contributed by atoms with van der Waals surface area (Å²) in [4.78, 5) is 4.45. The van der Waals surface area contributed by atoms with Gasteiger partial charge in [0.05, 0.1) is 31.7 Å². The summed E-state index contributed by atoms with van der Waals surface area (Å²) in [5.74, 6) is 0.887. The maximum atomic E-state index is 9.82. The van der Waals surface area contributed by atoms with Gasteiger partial charge >= 0.3 is 0 Å². The minimum absolute atomic E-state index is 0.0103. The fraction of sp³-hybridized carbons (Fsp3) is 0.818. The molecule has 4 aliphatic rings. The van der Waals surface area contributed by atoms with Gasteiger partial charge in [-0.15, -0.1) is 5.11 Å². The second-order valence-corrected chi connectivity index (χ2v) is 5.27. The van der Waals surface area contributed by atoms with E-state index in [1.807, 2.05) is 6.21 Å². The maximum Gasteiger partial charge on any atom is 0.177 e. The molecule has 1 fully saturated rings. The van der Waals surface area contributed by atoms with Gasteiger partial charge in [0.1, 0.15) is 11.9 Å². The highest BCUT2D eigenvalue weighted by Crippen LogP contribution is 2.33. The number of fused-ring (bicyclic) bond motifs is 3. The topological polar surface area (TPSA) is 106 Å². The van der Waals surface area contributed by atoms with Gasteiger partial charge in [-0.3, -0.25) is 4.99 Å². The van der Waals surface area contributed by atoms with E-state index in [9.17, 15) is 5.11 Å². The number of hydrazone groups is 1. The first-order valence-corrected chi connectivity index (χ1v) is 6.77. The predicted octanol–water partition coefficient (Wildman–Crippen LogP) is -1.21. The fourth-order valence-corrected chi connectivity index (χ4v) is 3.01. The molecule has 5 atom stereocenters. The lowest BCUT2D eigenvalue weighted by atomic mass is 10.1. The van der Waals surface area contributed by atoms with Crippen LogP contribution in [0.2, 0.25) is 0 Å². The number of hydrogen-bond donors (Lipinski definition) is 2. The quantitative estimate of drug-likeness (QED) is 0.660. The molecular weight excluding hydrogens is 264 g/mol. The standard InChI is InChI=1S/C11H16N6O3/c18-5-8-7(19)3-9(20-8)17-11-6(4-13-17)10-12-1-2-16(10)15-14-11/h4,6-9,11,18-19H,1-3,5H2/t6?,7-,8+,9+,11?/m0/s1. The minimum Gasteiger partial charge on any atom is -0.394 e. The molecule has 1 saturated heterocycles. The zero-order valence-corrected chi connectivity index (χ0v) is 10.8. The molecule has 0 bridgehead atoms. The van der Waals surface area contributed by atoms with Crippen LogP contribution < -0.4 is 0 Å². The summed E-state index contributed by atoms with van der Waals surface area (Å²) >= 11 is 0. The molecule has 0 radical (unpaired) electrons. The number of nitrogens with zero attached hydrogens (tertiary/aromatic N) is 6. The van der Waals surface area contributed by atoms with Gasteiger partial charge in [-0.25, -0.2) is 10.0 Å². The molecule has 0 aromatic carbocycles. The van der Waals surface area contributed by atoms with Crippen LogP contribution in [0, 0.1) is 5.92 Å². The fourth-order valence-electron chi connectivity index (χ4n) is 3.01. The van der Waals surface area contributed by atoms with Gasteiger partial charge in [0.25, 0.3) is 0 Å². The van der Waals surface area contributed by atoms with Crippen molar-refractivity contribution in [3.63, 3.8) is 0 Å². The van der Waals surface area contributed by atoms with Gasteiger partial charge in [-0.1, -0.05) is 5.22 Å². The Labute approximate surface area is 115 Å². The SMILES string of the molecule is OC[C@H]1O[C@@H](N2N=CC3C4=NCCN4N=NC32)C[C@@H]1O. The third-order valence-corrected chi connectivity index (χ3v) is 4.06. The molecule has 0 aliphatic carbocycles. The maximum absolute atomic E-state index is 9.82. The van der Waals surface area contributed by atoms with E-state index in [-0.39, 0.29) is 24.9 Å². The Morgan fingerprint density at radius 3 is 3.15 bits per heavy atom. The van der Waals surface area contributed by atoms with Crippen LogP contribution in [0.3, 0.4) is 0 Å². The first-order valence-electron chi connectivity index (χ1n) is 6.77. The normalized spacial score (nSPS) is 42.1. The Hall–Kier alpha value is -1.58. The number of aliphatic hydroxyl groups is 2. The number of rotatable bonds is 2. The van der Waals surface area contributed by atoms with Gasteiger partial charge < -0.3 is 14.9 Å². The monoisotopic (exact) mass is 280 g/mol. The van der Waals surface area contributed by atoms with Crippen molar-refractivity contribution >= 4 is 12.1 Å². The van der Waals surface area contributed by atoms with E-state index in [1.165, 1.54) is 0 Å². The molecule has 9 heteroatoms. The summed E-state index contributed by atoms with van der Waals surface area (Å²) in [6, 6.07) is 0. The second kappa shape index (κ2) is 4.47. The molecule has 4 heterocycles. The van der Waals surface area contributed by atoms with E-state index in [0.29, 0.717) is 6.42 Å². The molecular formula is C11H16N6O3. The lowest BCUT2D eigenvalue weighted by molar-refractivity contribution is -0.0899. The summed E-state index contributed by atoms with van der Waals surface area (Å²) < 4.78 is 5.62. The van der Waals surface area contributed by atoms with E-state index in [2.05, 4.69) is 20.4 Å². The Bertz CT molecular complexity index is 495. The molecule has 2 unspecified atom stereocenters. The summed E-state index contributed by atoms with van der Waals surface area (Å²) in [6.45, 7) is 1.29. The first kappa shape index (κ1) is 12.2. The van der Waals surface area contributed by atoms with Crippen LogP contribution in [0.25, 0.3) is 0 Å². The van der Waals surface area contributed by atoms with Crippen LogP contribution in [0.5, 0.6) is 0 Å². The Kier molecular flexibility index (Phi) is 2.72. The predicted molar refractivity (Wildman–Crippen MR) is 67.8 cm³/mol. The number of amidine groups is 1. The van der Waals surface area contributed by atoms with Gasteiger partial charge in [-0.05, 0) is 0 Å².